The molecule has 21 heavy (non-hydrogen) atoms. The second-order valence-electron chi connectivity index (χ2n) is 4.15. The van der Waals surface area contributed by atoms with Crippen LogP contribution in [-0.4, -0.2) is 24.3 Å². The molecule has 2 aromatic carbocycles. The van der Waals surface area contributed by atoms with E-state index in [1.165, 1.54) is 6.07 Å². The van der Waals surface area contributed by atoms with Gasteiger partial charge in [-0.3, -0.25) is 0 Å². The molecular weight excluding hydrogens is 310 g/mol. The van der Waals surface area contributed by atoms with Crippen LogP contribution in [-0.2, 0) is 10.0 Å². The summed E-state index contributed by atoms with van der Waals surface area (Å²) >= 11 is 0.972. The van der Waals surface area contributed by atoms with Gasteiger partial charge in [-0.1, -0.05) is 18.2 Å². The first-order chi connectivity index (χ1) is 10.1. The van der Waals surface area contributed by atoms with Crippen LogP contribution in [0.3, 0.4) is 0 Å². The van der Waals surface area contributed by atoms with Crippen molar-refractivity contribution in [2.45, 2.75) is 4.90 Å². The minimum atomic E-state index is -3.84. The molecule has 6 nitrogen and oxygen atoms in total. The summed E-state index contributed by atoms with van der Waals surface area (Å²) in [6, 6.07) is 11.3. The number of nitrogens with zero attached hydrogens (tertiary/aromatic N) is 3. The topological polar surface area (TPSA) is 83.3 Å². The molecule has 0 bridgehead atoms. The third-order valence-corrected chi connectivity index (χ3v) is 4.70. The lowest BCUT2D eigenvalue weighted by Crippen LogP contribution is -1.98. The number of methoxy groups -OCH3 is 1. The Morgan fingerprint density at radius 2 is 1.86 bits per heavy atom. The smallest absolute Gasteiger partial charge is 0.125 e. The highest BCUT2D eigenvalue weighted by molar-refractivity contribution is 7.94. The molecule has 1 heterocycles. The molecule has 0 aliphatic heterocycles. The van der Waals surface area contributed by atoms with Crippen molar-refractivity contribution in [3.63, 3.8) is 0 Å². The predicted octanol–water partition coefficient (Wildman–Crippen LogP) is 3.09. The zero-order chi connectivity index (χ0) is 14.9. The van der Waals surface area contributed by atoms with E-state index in [9.17, 15) is 8.42 Å². The first-order valence-electron chi connectivity index (χ1n) is 5.93. The van der Waals surface area contributed by atoms with Gasteiger partial charge in [0.15, 0.2) is 0 Å². The number of sulfonamides is 1. The van der Waals surface area contributed by atoms with Crippen LogP contribution in [0, 0.1) is 0 Å². The third-order valence-electron chi connectivity index (χ3n) is 2.82. The summed E-state index contributed by atoms with van der Waals surface area (Å²) in [5, 5.41) is 0. The maximum absolute atomic E-state index is 12.4. The highest BCUT2D eigenvalue weighted by Gasteiger charge is 2.12. The molecule has 0 unspecified atom stereocenters. The van der Waals surface area contributed by atoms with E-state index in [4.69, 9.17) is 4.74 Å². The van der Waals surface area contributed by atoms with Gasteiger partial charge in [0.25, 0.3) is 0 Å². The molecule has 0 saturated heterocycles. The molecule has 0 amide bonds. The zero-order valence-electron chi connectivity index (χ0n) is 10.9. The van der Waals surface area contributed by atoms with Crippen molar-refractivity contribution in [3.8, 4) is 5.75 Å². The Kier molecular flexibility index (Phi) is 3.48. The van der Waals surface area contributed by atoms with Gasteiger partial charge in [0.05, 0.1) is 23.7 Å². The highest BCUT2D eigenvalue weighted by Crippen LogP contribution is 2.32. The summed E-state index contributed by atoms with van der Waals surface area (Å²) in [6.07, 6.45) is 0. The molecule has 0 radical (unpaired) electrons. The second kappa shape index (κ2) is 5.30. The number of hydrogen-bond donors (Lipinski definition) is 0. The molecule has 0 spiro atoms. The van der Waals surface area contributed by atoms with Gasteiger partial charge in [-0.15, -0.1) is 5.69 Å². The molecular formula is C13H10N3O3S2-. The van der Waals surface area contributed by atoms with Gasteiger partial charge in [0.1, 0.15) is 26.8 Å². The summed E-state index contributed by atoms with van der Waals surface area (Å²) in [7, 11) is -2.30. The van der Waals surface area contributed by atoms with Crippen molar-refractivity contribution in [1.82, 2.24) is 8.75 Å². The molecule has 0 saturated carbocycles. The minimum absolute atomic E-state index is 0.0598. The number of fused-ring (bicyclic) bond motifs is 1. The molecule has 108 valence electrons. The van der Waals surface area contributed by atoms with Crippen LogP contribution in [0.4, 0.5) is 5.69 Å². The molecule has 3 aromatic rings. The summed E-state index contributed by atoms with van der Waals surface area (Å²) in [5.41, 5.74) is 1.22. The van der Waals surface area contributed by atoms with Crippen LogP contribution >= 0.6 is 11.7 Å². The monoisotopic (exact) mass is 320 g/mol. The molecule has 0 atom stereocenters. The zero-order valence-corrected chi connectivity index (χ0v) is 12.6. The van der Waals surface area contributed by atoms with E-state index >= 15 is 0 Å². The van der Waals surface area contributed by atoms with E-state index in [1.807, 2.05) is 0 Å². The number of ether oxygens (including phenoxy) is 1. The maximum atomic E-state index is 12.4. The summed E-state index contributed by atoms with van der Waals surface area (Å²) in [4.78, 5) is 0.0598. The molecule has 0 N–H and O–H groups in total. The fourth-order valence-corrected chi connectivity index (χ4v) is 3.57. The van der Waals surface area contributed by atoms with Crippen LogP contribution in [0.2, 0.25) is 0 Å². The van der Waals surface area contributed by atoms with Crippen LogP contribution < -0.4 is 4.74 Å². The van der Waals surface area contributed by atoms with Crippen LogP contribution in [0.25, 0.3) is 15.8 Å². The van der Waals surface area contributed by atoms with E-state index in [0.29, 0.717) is 22.5 Å². The van der Waals surface area contributed by atoms with E-state index < -0.39 is 10.0 Å². The Morgan fingerprint density at radius 1 is 1.10 bits per heavy atom. The Balaban J connectivity index is 1.98. The fourth-order valence-electron chi connectivity index (χ4n) is 1.82. The molecule has 3 rings (SSSR count). The van der Waals surface area contributed by atoms with Gasteiger partial charge >= 0.3 is 0 Å². The third kappa shape index (κ3) is 2.67. The standard InChI is InChI=1S/C13H10N3O3S2/c1-19-10-7-5-9(6-8-10)16-21(17,18)12-4-2-3-11-13(12)15-20-14-11/h2-8H,1H3/q-1. The number of rotatable bonds is 4. The quantitative estimate of drug-likeness (QED) is 0.737. The maximum Gasteiger partial charge on any atom is 0.125 e. The normalized spacial score (nSPS) is 11.5. The van der Waals surface area contributed by atoms with Crippen molar-refractivity contribution in [2.24, 2.45) is 0 Å². The number of benzene rings is 2. The van der Waals surface area contributed by atoms with Crippen LogP contribution in [0.5, 0.6) is 5.75 Å². The Hall–Kier alpha value is -2.19. The predicted molar refractivity (Wildman–Crippen MR) is 80.6 cm³/mol. The van der Waals surface area contributed by atoms with Crippen molar-refractivity contribution in [2.75, 3.05) is 7.11 Å². The highest BCUT2D eigenvalue weighted by atomic mass is 32.2. The van der Waals surface area contributed by atoms with Gasteiger partial charge in [0, 0.05) is 0 Å². The molecule has 1 aromatic heterocycles. The van der Waals surface area contributed by atoms with Crippen molar-refractivity contribution >= 4 is 38.5 Å². The number of hydrogen-bond acceptors (Lipinski definition) is 6. The fraction of sp³-hybridized carbons (Fsp3) is 0.0769. The first-order valence-corrected chi connectivity index (χ1v) is 8.10. The Labute approximate surface area is 125 Å². The van der Waals surface area contributed by atoms with Gasteiger partial charge in [-0.05, 0) is 24.3 Å². The van der Waals surface area contributed by atoms with E-state index in [1.54, 1.807) is 43.5 Å². The second-order valence-corrected chi connectivity index (χ2v) is 6.25. The van der Waals surface area contributed by atoms with Gasteiger partial charge in [-0.2, -0.15) is 8.75 Å². The minimum Gasteiger partial charge on any atom is -0.573 e. The van der Waals surface area contributed by atoms with Gasteiger partial charge < -0.3 is 9.46 Å². The summed E-state index contributed by atoms with van der Waals surface area (Å²) in [6.45, 7) is 0. The van der Waals surface area contributed by atoms with Gasteiger partial charge in [0.2, 0.25) is 0 Å². The van der Waals surface area contributed by atoms with Crippen LogP contribution in [0.15, 0.2) is 47.4 Å². The lowest BCUT2D eigenvalue weighted by molar-refractivity contribution is 0.415. The SMILES string of the molecule is COc1ccc([N-]S(=O)(=O)c2cccc3nsnc23)cc1. The molecule has 8 heteroatoms. The van der Waals surface area contributed by atoms with Crippen LogP contribution in [0.1, 0.15) is 0 Å². The van der Waals surface area contributed by atoms with E-state index in [2.05, 4.69) is 13.5 Å². The van der Waals surface area contributed by atoms with E-state index in [0.717, 1.165) is 11.7 Å². The lowest BCUT2D eigenvalue weighted by atomic mass is 10.3. The van der Waals surface area contributed by atoms with Gasteiger partial charge in [-0.25, -0.2) is 8.42 Å². The lowest BCUT2D eigenvalue weighted by Gasteiger charge is -2.22. The Bertz CT molecular complexity index is 873. The largest absolute Gasteiger partial charge is 0.573 e. The number of aromatic nitrogens is 2. The summed E-state index contributed by atoms with van der Waals surface area (Å²) in [5.74, 6) is 0.636. The van der Waals surface area contributed by atoms with Crippen molar-refractivity contribution in [3.05, 3.63) is 47.2 Å². The first kappa shape index (κ1) is 13.8. The van der Waals surface area contributed by atoms with E-state index in [-0.39, 0.29) is 4.90 Å². The van der Waals surface area contributed by atoms with Crippen molar-refractivity contribution in [1.29, 1.82) is 0 Å². The average Bonchev–Trinajstić information content (AvgIpc) is 2.95. The molecule has 0 aliphatic carbocycles. The average molecular weight is 320 g/mol. The Morgan fingerprint density at radius 3 is 2.57 bits per heavy atom. The molecule has 0 fully saturated rings. The molecule has 0 aliphatic rings. The van der Waals surface area contributed by atoms with Crippen molar-refractivity contribution < 1.29 is 13.2 Å². The summed E-state index contributed by atoms with van der Waals surface area (Å²) < 4.78 is 41.7.